The maximum atomic E-state index is 12.9. The molecular weight excluding hydrogens is 345 g/mol. The number of nitrogens with one attached hydrogen (secondary N) is 2. The summed E-state index contributed by atoms with van der Waals surface area (Å²) < 4.78 is 43.9. The van der Waals surface area contributed by atoms with Crippen molar-refractivity contribution in [3.05, 3.63) is 59.2 Å². The van der Waals surface area contributed by atoms with Gasteiger partial charge in [0.25, 0.3) is 0 Å². The Labute approximate surface area is 150 Å². The minimum absolute atomic E-state index is 0.132. The first-order valence-electron chi connectivity index (χ1n) is 8.19. The number of halogens is 3. The Morgan fingerprint density at radius 2 is 1.81 bits per heavy atom. The molecule has 0 aliphatic carbocycles. The summed E-state index contributed by atoms with van der Waals surface area (Å²) in [5, 5.41) is 5.44. The van der Waals surface area contributed by atoms with Crippen LogP contribution in [-0.4, -0.2) is 19.1 Å². The van der Waals surface area contributed by atoms with Crippen molar-refractivity contribution in [3.63, 3.8) is 0 Å². The highest BCUT2D eigenvalue weighted by atomic mass is 19.4. The number of carbonyl (C=O) groups is 1. The summed E-state index contributed by atoms with van der Waals surface area (Å²) in [6.45, 7) is 4.20. The largest absolute Gasteiger partial charge is 0.492 e. The molecule has 1 amide bonds. The zero-order valence-electron chi connectivity index (χ0n) is 14.6. The molecule has 2 rings (SSSR count). The van der Waals surface area contributed by atoms with Gasteiger partial charge in [-0.2, -0.15) is 13.2 Å². The Balaban J connectivity index is 1.98. The van der Waals surface area contributed by atoms with Crippen LogP contribution in [0.15, 0.2) is 42.5 Å². The highest BCUT2D eigenvalue weighted by molar-refractivity contribution is 5.81. The maximum absolute atomic E-state index is 12.9. The van der Waals surface area contributed by atoms with Crippen LogP contribution in [0, 0.1) is 6.92 Å². The van der Waals surface area contributed by atoms with Gasteiger partial charge in [-0.3, -0.25) is 4.79 Å². The highest BCUT2D eigenvalue weighted by Gasteiger charge is 2.31. The van der Waals surface area contributed by atoms with E-state index in [2.05, 4.69) is 10.6 Å². The Morgan fingerprint density at radius 3 is 2.42 bits per heavy atom. The van der Waals surface area contributed by atoms with Crippen molar-refractivity contribution >= 4 is 11.6 Å². The molecule has 0 aliphatic rings. The summed E-state index contributed by atoms with van der Waals surface area (Å²) in [5.74, 6) is -0.0581. The van der Waals surface area contributed by atoms with Crippen molar-refractivity contribution in [3.8, 4) is 5.75 Å². The van der Waals surface area contributed by atoms with E-state index in [0.29, 0.717) is 13.2 Å². The van der Waals surface area contributed by atoms with Crippen LogP contribution < -0.4 is 15.4 Å². The average molecular weight is 366 g/mol. The van der Waals surface area contributed by atoms with Gasteiger partial charge in [0.1, 0.15) is 5.75 Å². The lowest BCUT2D eigenvalue weighted by Gasteiger charge is -2.15. The van der Waals surface area contributed by atoms with Crippen molar-refractivity contribution in [1.29, 1.82) is 0 Å². The minimum atomic E-state index is -4.46. The van der Waals surface area contributed by atoms with Gasteiger partial charge >= 0.3 is 6.18 Å². The van der Waals surface area contributed by atoms with Crippen LogP contribution in [0.4, 0.5) is 18.9 Å². The van der Waals surface area contributed by atoms with E-state index in [-0.39, 0.29) is 23.9 Å². The van der Waals surface area contributed by atoms with Gasteiger partial charge in [-0.15, -0.1) is 0 Å². The van der Waals surface area contributed by atoms with Crippen LogP contribution in [-0.2, 0) is 17.5 Å². The molecule has 0 aliphatic heterocycles. The average Bonchev–Trinajstić information content (AvgIpc) is 2.59. The second kappa shape index (κ2) is 8.60. The van der Waals surface area contributed by atoms with Crippen LogP contribution in [0.25, 0.3) is 0 Å². The zero-order chi connectivity index (χ0) is 19.2. The molecule has 0 aromatic heterocycles. The van der Waals surface area contributed by atoms with E-state index in [9.17, 15) is 18.0 Å². The van der Waals surface area contributed by atoms with E-state index in [1.807, 2.05) is 31.2 Å². The van der Waals surface area contributed by atoms with Gasteiger partial charge in [-0.05, 0) is 37.6 Å². The van der Waals surface area contributed by atoms with Gasteiger partial charge in [0.2, 0.25) is 5.91 Å². The summed E-state index contributed by atoms with van der Waals surface area (Å²) in [6, 6.07) is 10.8. The first-order valence-corrected chi connectivity index (χ1v) is 8.19. The molecule has 0 fully saturated rings. The normalized spacial score (nSPS) is 11.1. The summed E-state index contributed by atoms with van der Waals surface area (Å²) in [5.41, 5.74) is 1.39. The molecule has 0 heterocycles. The number of carbonyl (C=O) groups excluding carboxylic acids is 1. The van der Waals surface area contributed by atoms with Crippen molar-refractivity contribution in [2.24, 2.45) is 0 Å². The third-order valence-electron chi connectivity index (χ3n) is 3.66. The monoisotopic (exact) mass is 366 g/mol. The maximum Gasteiger partial charge on any atom is 0.416 e. The fourth-order valence-corrected chi connectivity index (χ4v) is 2.27. The molecule has 0 bridgehead atoms. The third kappa shape index (κ3) is 5.68. The van der Waals surface area contributed by atoms with Gasteiger partial charge in [-0.25, -0.2) is 0 Å². The second-order valence-electron chi connectivity index (χ2n) is 5.76. The Hall–Kier alpha value is -2.70. The molecule has 0 unspecified atom stereocenters. The molecule has 2 aromatic carbocycles. The molecule has 140 valence electrons. The molecule has 2 aromatic rings. The quantitative estimate of drug-likeness (QED) is 0.774. The fraction of sp³-hybridized carbons (Fsp3) is 0.316. The van der Waals surface area contributed by atoms with Crippen molar-refractivity contribution in [2.75, 3.05) is 18.5 Å². The van der Waals surface area contributed by atoms with Gasteiger partial charge < -0.3 is 15.4 Å². The zero-order valence-corrected chi connectivity index (χ0v) is 14.6. The number of alkyl halides is 3. The highest BCUT2D eigenvalue weighted by Crippen LogP contribution is 2.34. The second-order valence-corrected chi connectivity index (χ2v) is 5.76. The Bertz CT molecular complexity index is 743. The number of hydrogen-bond acceptors (Lipinski definition) is 3. The van der Waals surface area contributed by atoms with Gasteiger partial charge in [0, 0.05) is 6.54 Å². The van der Waals surface area contributed by atoms with Crippen molar-refractivity contribution < 1.29 is 22.7 Å². The molecule has 0 radical (unpaired) electrons. The number of amides is 1. The van der Waals surface area contributed by atoms with E-state index in [4.69, 9.17) is 4.74 Å². The number of ether oxygens (including phenoxy) is 1. The molecule has 2 N–H and O–H groups in total. The van der Waals surface area contributed by atoms with Crippen molar-refractivity contribution in [1.82, 2.24) is 5.32 Å². The van der Waals surface area contributed by atoms with Crippen molar-refractivity contribution in [2.45, 2.75) is 26.6 Å². The molecular formula is C19H21F3N2O2. The van der Waals surface area contributed by atoms with E-state index in [1.165, 1.54) is 6.07 Å². The standard InChI is InChI=1S/C19H21F3N2O2/c1-3-26-17-9-8-15(19(20,21)22)10-16(17)23-12-18(25)24-11-14-6-4-13(2)5-7-14/h4-10,23H,3,11-12H2,1-2H3,(H,24,25). The van der Waals surface area contributed by atoms with Gasteiger partial charge in [0.15, 0.2) is 0 Å². The van der Waals surface area contributed by atoms with E-state index in [1.54, 1.807) is 6.92 Å². The van der Waals surface area contributed by atoms with Crippen LogP contribution in [0.2, 0.25) is 0 Å². The van der Waals surface area contributed by atoms with Crippen LogP contribution in [0.5, 0.6) is 5.75 Å². The molecule has 7 heteroatoms. The molecule has 0 spiro atoms. The summed E-state index contributed by atoms with van der Waals surface area (Å²) >= 11 is 0. The topological polar surface area (TPSA) is 50.4 Å². The SMILES string of the molecule is CCOc1ccc(C(F)(F)F)cc1NCC(=O)NCc1ccc(C)cc1. The lowest BCUT2D eigenvalue weighted by molar-refractivity contribution is -0.137. The smallest absolute Gasteiger partial charge is 0.416 e. The molecule has 4 nitrogen and oxygen atoms in total. The minimum Gasteiger partial charge on any atom is -0.492 e. The van der Waals surface area contributed by atoms with Crippen LogP contribution in [0.3, 0.4) is 0 Å². The first-order chi connectivity index (χ1) is 12.3. The van der Waals surface area contributed by atoms with E-state index >= 15 is 0 Å². The summed E-state index contributed by atoms with van der Waals surface area (Å²) in [7, 11) is 0. The summed E-state index contributed by atoms with van der Waals surface area (Å²) in [6.07, 6.45) is -4.46. The van der Waals surface area contributed by atoms with Crippen LogP contribution in [0.1, 0.15) is 23.6 Å². The van der Waals surface area contributed by atoms with E-state index in [0.717, 1.165) is 23.3 Å². The summed E-state index contributed by atoms with van der Waals surface area (Å²) in [4.78, 5) is 12.0. The lowest BCUT2D eigenvalue weighted by atomic mass is 10.1. The molecule has 26 heavy (non-hydrogen) atoms. The van der Waals surface area contributed by atoms with Gasteiger partial charge in [-0.1, -0.05) is 29.8 Å². The molecule has 0 saturated carbocycles. The first kappa shape index (κ1) is 19.6. The molecule has 0 saturated heterocycles. The third-order valence-corrected chi connectivity index (χ3v) is 3.66. The lowest BCUT2D eigenvalue weighted by Crippen LogP contribution is -2.29. The number of rotatable bonds is 7. The van der Waals surface area contributed by atoms with Gasteiger partial charge in [0.05, 0.1) is 24.4 Å². The Kier molecular flexibility index (Phi) is 6.49. The number of hydrogen-bond donors (Lipinski definition) is 2. The van der Waals surface area contributed by atoms with Crippen LogP contribution >= 0.6 is 0 Å². The fourth-order valence-electron chi connectivity index (χ4n) is 2.27. The van der Waals surface area contributed by atoms with E-state index < -0.39 is 11.7 Å². The molecule has 0 atom stereocenters. The predicted molar refractivity (Wildman–Crippen MR) is 94.1 cm³/mol. The number of aryl methyl sites for hydroxylation is 1. The predicted octanol–water partition coefficient (Wildman–Crippen LogP) is 4.14. The number of benzene rings is 2. The number of anilines is 1. The Morgan fingerprint density at radius 1 is 1.12 bits per heavy atom.